The molecule has 0 aliphatic carbocycles. The van der Waals surface area contributed by atoms with Crippen molar-refractivity contribution in [3.05, 3.63) is 89.0 Å². The number of fused-ring (bicyclic) bond motifs is 1. The Hall–Kier alpha value is -3.94. The third-order valence-electron chi connectivity index (χ3n) is 6.60. The lowest BCUT2D eigenvalue weighted by molar-refractivity contribution is -0.142. The van der Waals surface area contributed by atoms with Gasteiger partial charge in [-0.2, -0.15) is 0 Å². The van der Waals surface area contributed by atoms with Crippen LogP contribution >= 0.6 is 0 Å². The quantitative estimate of drug-likeness (QED) is 0.554. The van der Waals surface area contributed by atoms with Gasteiger partial charge < -0.3 is 19.9 Å². The van der Waals surface area contributed by atoms with E-state index in [0.717, 1.165) is 17.0 Å². The average molecular weight is 489 g/mol. The normalized spacial score (nSPS) is 16.2. The SMILES string of the molecule is CC(NC(=O)C1Cc2ncn(Cc3ccc(C(C)(C)C)cc3)c2CN1C(=O)c1ccccc1)C(=O)O. The summed E-state index contributed by atoms with van der Waals surface area (Å²) in [4.78, 5) is 43.9. The summed E-state index contributed by atoms with van der Waals surface area (Å²) in [6.07, 6.45) is 1.95. The predicted octanol–water partition coefficient (Wildman–Crippen LogP) is 3.39. The summed E-state index contributed by atoms with van der Waals surface area (Å²) in [6.45, 7) is 8.72. The summed E-state index contributed by atoms with van der Waals surface area (Å²) in [5.41, 5.74) is 4.51. The maximum atomic E-state index is 13.5. The van der Waals surface area contributed by atoms with E-state index in [4.69, 9.17) is 0 Å². The number of imidazole rings is 1. The molecule has 0 bridgehead atoms. The molecule has 2 N–H and O–H groups in total. The molecule has 8 nitrogen and oxygen atoms in total. The van der Waals surface area contributed by atoms with Crippen molar-refractivity contribution >= 4 is 17.8 Å². The van der Waals surface area contributed by atoms with Crippen LogP contribution in [0.3, 0.4) is 0 Å². The number of aliphatic carboxylic acids is 1. The van der Waals surface area contributed by atoms with Gasteiger partial charge in [-0.05, 0) is 35.6 Å². The molecule has 0 fully saturated rings. The summed E-state index contributed by atoms with van der Waals surface area (Å²) >= 11 is 0. The molecule has 2 amide bonds. The maximum absolute atomic E-state index is 13.5. The van der Waals surface area contributed by atoms with Gasteiger partial charge in [-0.1, -0.05) is 63.2 Å². The first-order chi connectivity index (χ1) is 17.0. The first kappa shape index (κ1) is 25.2. The number of rotatable bonds is 6. The molecule has 3 aromatic rings. The molecule has 1 aliphatic rings. The van der Waals surface area contributed by atoms with Crippen LogP contribution < -0.4 is 5.32 Å². The number of benzene rings is 2. The number of carbonyl (C=O) groups is 3. The minimum absolute atomic E-state index is 0.0682. The van der Waals surface area contributed by atoms with Crippen LogP contribution in [0, 0.1) is 0 Å². The average Bonchev–Trinajstić information content (AvgIpc) is 3.24. The molecule has 2 unspecified atom stereocenters. The van der Waals surface area contributed by atoms with Gasteiger partial charge in [0.15, 0.2) is 0 Å². The molecule has 36 heavy (non-hydrogen) atoms. The van der Waals surface area contributed by atoms with Crippen molar-refractivity contribution < 1.29 is 19.5 Å². The number of amides is 2. The summed E-state index contributed by atoms with van der Waals surface area (Å²) in [5.74, 6) is -1.93. The molecule has 4 rings (SSSR count). The van der Waals surface area contributed by atoms with Crippen LogP contribution in [-0.2, 0) is 34.5 Å². The fourth-order valence-electron chi connectivity index (χ4n) is 4.38. The first-order valence-electron chi connectivity index (χ1n) is 12.1. The van der Waals surface area contributed by atoms with Gasteiger partial charge in [0.05, 0.1) is 24.3 Å². The number of nitrogens with zero attached hydrogens (tertiary/aromatic N) is 3. The Morgan fingerprint density at radius 3 is 2.36 bits per heavy atom. The highest BCUT2D eigenvalue weighted by Crippen LogP contribution is 2.27. The van der Waals surface area contributed by atoms with E-state index in [1.54, 1.807) is 30.6 Å². The van der Waals surface area contributed by atoms with Crippen LogP contribution in [0.15, 0.2) is 60.9 Å². The Morgan fingerprint density at radius 1 is 1.08 bits per heavy atom. The van der Waals surface area contributed by atoms with Crippen molar-refractivity contribution in [1.82, 2.24) is 19.8 Å². The number of hydrogen-bond donors (Lipinski definition) is 2. The summed E-state index contributed by atoms with van der Waals surface area (Å²) < 4.78 is 2.01. The molecule has 1 aromatic heterocycles. The lowest BCUT2D eigenvalue weighted by atomic mass is 9.87. The van der Waals surface area contributed by atoms with E-state index in [1.165, 1.54) is 17.4 Å². The Labute approximate surface area is 211 Å². The van der Waals surface area contributed by atoms with Crippen molar-refractivity contribution in [3.8, 4) is 0 Å². The zero-order valence-electron chi connectivity index (χ0n) is 21.1. The van der Waals surface area contributed by atoms with E-state index >= 15 is 0 Å². The summed E-state index contributed by atoms with van der Waals surface area (Å²) in [5, 5.41) is 11.7. The molecule has 0 spiro atoms. The zero-order valence-corrected chi connectivity index (χ0v) is 21.1. The standard InChI is InChI=1S/C28H32N4O4/c1-18(27(35)36)30-25(33)23-14-22-24(16-32(23)26(34)20-8-6-5-7-9-20)31(17-29-22)15-19-10-12-21(13-11-19)28(2,3)4/h5-13,17-18,23H,14-16H2,1-4H3,(H,30,33)(H,35,36). The van der Waals surface area contributed by atoms with Gasteiger partial charge >= 0.3 is 5.97 Å². The second-order valence-electron chi connectivity index (χ2n) is 10.3. The molecular weight excluding hydrogens is 456 g/mol. The van der Waals surface area contributed by atoms with E-state index in [-0.39, 0.29) is 24.3 Å². The zero-order chi connectivity index (χ0) is 26.0. The predicted molar refractivity (Wildman–Crippen MR) is 136 cm³/mol. The van der Waals surface area contributed by atoms with Crippen molar-refractivity contribution in [3.63, 3.8) is 0 Å². The van der Waals surface area contributed by atoms with Gasteiger partial charge in [-0.25, -0.2) is 4.98 Å². The molecule has 8 heteroatoms. The van der Waals surface area contributed by atoms with E-state index in [1.807, 2.05) is 10.6 Å². The van der Waals surface area contributed by atoms with Crippen LogP contribution in [-0.4, -0.2) is 49.4 Å². The fourth-order valence-corrected chi connectivity index (χ4v) is 4.38. The fraction of sp³-hybridized carbons (Fsp3) is 0.357. The highest BCUT2D eigenvalue weighted by atomic mass is 16.4. The van der Waals surface area contributed by atoms with Crippen LogP contribution in [0.2, 0.25) is 0 Å². The van der Waals surface area contributed by atoms with Gasteiger partial charge in [0, 0.05) is 18.5 Å². The van der Waals surface area contributed by atoms with Gasteiger partial charge in [-0.3, -0.25) is 14.4 Å². The molecule has 2 heterocycles. The molecule has 0 saturated heterocycles. The third kappa shape index (κ3) is 5.32. The molecule has 0 radical (unpaired) electrons. The minimum atomic E-state index is -1.14. The van der Waals surface area contributed by atoms with Gasteiger partial charge in [0.1, 0.15) is 12.1 Å². The lowest BCUT2D eigenvalue weighted by Crippen LogP contribution is -2.55. The number of hydrogen-bond acceptors (Lipinski definition) is 4. The van der Waals surface area contributed by atoms with Crippen molar-refractivity contribution in [2.45, 2.75) is 64.7 Å². The van der Waals surface area contributed by atoms with Crippen LogP contribution in [0.5, 0.6) is 0 Å². The lowest BCUT2D eigenvalue weighted by Gasteiger charge is -2.35. The minimum Gasteiger partial charge on any atom is -0.480 e. The Morgan fingerprint density at radius 2 is 1.75 bits per heavy atom. The van der Waals surface area contributed by atoms with Crippen LogP contribution in [0.25, 0.3) is 0 Å². The van der Waals surface area contributed by atoms with Crippen molar-refractivity contribution in [1.29, 1.82) is 0 Å². The van der Waals surface area contributed by atoms with Crippen molar-refractivity contribution in [2.24, 2.45) is 0 Å². The topological polar surface area (TPSA) is 105 Å². The Bertz CT molecular complexity index is 1260. The van der Waals surface area contributed by atoms with Gasteiger partial charge in [0.2, 0.25) is 5.91 Å². The Balaban J connectivity index is 1.62. The number of carbonyl (C=O) groups excluding carboxylic acids is 2. The molecular formula is C28H32N4O4. The number of carboxylic acids is 1. The molecule has 2 atom stereocenters. The van der Waals surface area contributed by atoms with E-state index in [0.29, 0.717) is 12.1 Å². The van der Waals surface area contributed by atoms with Gasteiger partial charge in [0.25, 0.3) is 5.91 Å². The second-order valence-corrected chi connectivity index (χ2v) is 10.3. The third-order valence-corrected chi connectivity index (χ3v) is 6.60. The van der Waals surface area contributed by atoms with E-state index in [2.05, 4.69) is 55.3 Å². The first-order valence-corrected chi connectivity index (χ1v) is 12.1. The maximum Gasteiger partial charge on any atom is 0.325 e. The highest BCUT2D eigenvalue weighted by Gasteiger charge is 2.38. The monoisotopic (exact) mass is 488 g/mol. The highest BCUT2D eigenvalue weighted by molar-refractivity contribution is 5.98. The molecule has 188 valence electrons. The van der Waals surface area contributed by atoms with Crippen LogP contribution in [0.4, 0.5) is 0 Å². The largest absolute Gasteiger partial charge is 0.480 e. The smallest absolute Gasteiger partial charge is 0.325 e. The second kappa shape index (κ2) is 9.97. The number of nitrogens with one attached hydrogen (secondary N) is 1. The van der Waals surface area contributed by atoms with E-state index < -0.39 is 24.0 Å². The molecule has 2 aromatic carbocycles. The summed E-state index contributed by atoms with van der Waals surface area (Å²) in [7, 11) is 0. The number of aromatic nitrogens is 2. The van der Waals surface area contributed by atoms with Crippen LogP contribution in [0.1, 0.15) is 60.6 Å². The molecule has 1 aliphatic heterocycles. The number of carboxylic acid groups (broad SMARTS) is 1. The molecule has 0 saturated carbocycles. The summed E-state index contributed by atoms with van der Waals surface area (Å²) in [6, 6.07) is 15.3. The van der Waals surface area contributed by atoms with Crippen molar-refractivity contribution in [2.75, 3.05) is 0 Å². The van der Waals surface area contributed by atoms with Gasteiger partial charge in [-0.15, -0.1) is 0 Å². The van der Waals surface area contributed by atoms with E-state index in [9.17, 15) is 19.5 Å². The Kier molecular flexibility index (Phi) is 6.97.